The maximum absolute atomic E-state index is 5.71. The van der Waals surface area contributed by atoms with E-state index in [4.69, 9.17) is 4.18 Å². The molecule has 2 atom stereocenters. The quantitative estimate of drug-likeness (QED) is 0.703. The summed E-state index contributed by atoms with van der Waals surface area (Å²) in [6.07, 6.45) is 16.0. The van der Waals surface area contributed by atoms with Gasteiger partial charge in [0.05, 0.1) is 22.8 Å². The van der Waals surface area contributed by atoms with Crippen LogP contribution < -0.4 is 16.0 Å². The first-order valence-electron chi connectivity index (χ1n) is 7.74. The van der Waals surface area contributed by atoms with Crippen molar-refractivity contribution in [1.82, 2.24) is 10.3 Å². The minimum atomic E-state index is -0.162. The molecular formula is C18H14N4OS. The van der Waals surface area contributed by atoms with Crippen LogP contribution in [0.3, 0.4) is 0 Å². The normalized spacial score (nSPS) is 27.2. The van der Waals surface area contributed by atoms with Crippen LogP contribution in [0.5, 0.6) is 0 Å². The predicted octanol–water partition coefficient (Wildman–Crippen LogP) is 1.30. The van der Waals surface area contributed by atoms with E-state index in [1.54, 1.807) is 0 Å². The standard InChI is InChI=1S/C18H14N4OS/c1-2-12-8-14-4-6-16(21-14)10-18-22-17(23-24-18)9-15-5-3-13(20-15)7-11(1)19-12/h1-10,17-19,22H. The Hall–Kier alpha value is -2.41. The molecule has 0 aliphatic carbocycles. The Bertz CT molecular complexity index is 928. The maximum Gasteiger partial charge on any atom is 0.145 e. The molecule has 1 saturated heterocycles. The van der Waals surface area contributed by atoms with Crippen LogP contribution in [0.4, 0.5) is 0 Å². The molecular weight excluding hydrogens is 320 g/mol. The lowest BCUT2D eigenvalue weighted by molar-refractivity contribution is 0.287. The Balaban J connectivity index is 1.63. The molecule has 118 valence electrons. The fraction of sp³-hybridized carbons (Fsp3) is 0.111. The van der Waals surface area contributed by atoms with E-state index in [2.05, 4.69) is 26.4 Å². The van der Waals surface area contributed by atoms with E-state index in [1.165, 1.54) is 12.0 Å². The van der Waals surface area contributed by atoms with E-state index in [9.17, 15) is 0 Å². The van der Waals surface area contributed by atoms with E-state index in [1.807, 2.05) is 54.7 Å². The first-order chi connectivity index (χ1) is 11.8. The number of nitrogens with one attached hydrogen (secondary N) is 2. The van der Waals surface area contributed by atoms with Crippen LogP contribution in [0.15, 0.2) is 70.0 Å². The van der Waals surface area contributed by atoms with Crippen molar-refractivity contribution in [2.75, 3.05) is 0 Å². The Labute approximate surface area is 142 Å². The summed E-state index contributed by atoms with van der Waals surface area (Å²) in [5, 5.41) is 5.50. The Morgan fingerprint density at radius 3 is 2.25 bits per heavy atom. The summed E-state index contributed by atoms with van der Waals surface area (Å²) < 4.78 is 5.71. The van der Waals surface area contributed by atoms with Gasteiger partial charge in [0.25, 0.3) is 0 Å². The molecule has 4 aliphatic rings. The third kappa shape index (κ3) is 2.75. The summed E-state index contributed by atoms with van der Waals surface area (Å²) in [4.78, 5) is 12.6. The molecule has 24 heavy (non-hydrogen) atoms. The molecule has 0 saturated carbocycles. The Morgan fingerprint density at radius 2 is 1.54 bits per heavy atom. The van der Waals surface area contributed by atoms with Crippen molar-refractivity contribution in [1.29, 1.82) is 0 Å². The number of nitrogens with zero attached hydrogens (tertiary/aromatic N) is 2. The van der Waals surface area contributed by atoms with E-state index in [0.717, 1.165) is 33.5 Å². The molecule has 0 amide bonds. The Morgan fingerprint density at radius 1 is 0.875 bits per heavy atom. The van der Waals surface area contributed by atoms with Crippen molar-refractivity contribution in [3.63, 3.8) is 0 Å². The van der Waals surface area contributed by atoms with E-state index in [-0.39, 0.29) is 11.6 Å². The largest absolute Gasteiger partial charge is 0.355 e. The van der Waals surface area contributed by atoms with Gasteiger partial charge in [-0.25, -0.2) is 9.98 Å². The molecule has 8 bridgehead atoms. The molecule has 4 aliphatic heterocycles. The van der Waals surface area contributed by atoms with Gasteiger partial charge < -0.3 is 4.98 Å². The number of aromatic amines is 1. The van der Waals surface area contributed by atoms with Gasteiger partial charge >= 0.3 is 0 Å². The molecule has 2 N–H and O–H groups in total. The van der Waals surface area contributed by atoms with Crippen molar-refractivity contribution in [2.24, 2.45) is 9.98 Å². The average molecular weight is 334 g/mol. The molecule has 1 aromatic heterocycles. The third-order valence-corrected chi connectivity index (χ3v) is 4.74. The van der Waals surface area contributed by atoms with Gasteiger partial charge in [0.15, 0.2) is 0 Å². The summed E-state index contributed by atoms with van der Waals surface area (Å²) in [6.45, 7) is 0. The second-order valence-electron chi connectivity index (χ2n) is 5.78. The van der Waals surface area contributed by atoms with Gasteiger partial charge in [-0.2, -0.15) is 0 Å². The highest BCUT2D eigenvalue weighted by molar-refractivity contribution is 7.95. The van der Waals surface area contributed by atoms with Crippen molar-refractivity contribution in [3.8, 4) is 0 Å². The zero-order valence-corrected chi connectivity index (χ0v) is 13.5. The van der Waals surface area contributed by atoms with Crippen LogP contribution in [0.25, 0.3) is 12.2 Å². The van der Waals surface area contributed by atoms with Gasteiger partial charge in [0.2, 0.25) is 0 Å². The van der Waals surface area contributed by atoms with E-state index < -0.39 is 0 Å². The SMILES string of the molecule is C1=CC2=NC1=CC1NC(C=C3C=CC(=N3)C=c3ccc([nH]3)=C2)SO1. The highest BCUT2D eigenvalue weighted by Crippen LogP contribution is 2.26. The predicted molar refractivity (Wildman–Crippen MR) is 97.7 cm³/mol. The van der Waals surface area contributed by atoms with Crippen LogP contribution in [-0.4, -0.2) is 28.0 Å². The highest BCUT2D eigenvalue weighted by atomic mass is 32.2. The van der Waals surface area contributed by atoms with Crippen molar-refractivity contribution in [3.05, 3.63) is 70.7 Å². The minimum Gasteiger partial charge on any atom is -0.355 e. The molecule has 0 aromatic carbocycles. The fourth-order valence-corrected chi connectivity index (χ4v) is 3.59. The first kappa shape index (κ1) is 14.0. The molecule has 0 radical (unpaired) electrons. The van der Waals surface area contributed by atoms with Gasteiger partial charge in [0.1, 0.15) is 11.6 Å². The lowest BCUT2D eigenvalue weighted by atomic mass is 10.3. The van der Waals surface area contributed by atoms with Gasteiger partial charge in [-0.1, -0.05) is 0 Å². The number of aliphatic imine (C=N–C) groups is 2. The average Bonchev–Trinajstić information content (AvgIpc) is 3.32. The van der Waals surface area contributed by atoms with Crippen LogP contribution in [-0.2, 0) is 4.18 Å². The topological polar surface area (TPSA) is 61.8 Å². The molecule has 5 rings (SSSR count). The molecule has 5 nitrogen and oxygen atoms in total. The van der Waals surface area contributed by atoms with Gasteiger partial charge in [-0.15, -0.1) is 0 Å². The number of allylic oxidation sites excluding steroid dienone is 4. The molecule has 1 fully saturated rings. The van der Waals surface area contributed by atoms with Gasteiger partial charge in [-0.05, 0) is 60.7 Å². The van der Waals surface area contributed by atoms with E-state index >= 15 is 0 Å². The maximum atomic E-state index is 5.71. The molecule has 0 spiro atoms. The van der Waals surface area contributed by atoms with Crippen LogP contribution in [0.2, 0.25) is 0 Å². The molecule has 1 aromatic rings. The zero-order chi connectivity index (χ0) is 15.9. The monoisotopic (exact) mass is 334 g/mol. The second kappa shape index (κ2) is 5.59. The summed E-state index contributed by atoms with van der Waals surface area (Å²) in [5.41, 5.74) is 3.69. The van der Waals surface area contributed by atoms with Gasteiger partial charge in [0, 0.05) is 22.7 Å². The van der Waals surface area contributed by atoms with Crippen molar-refractivity contribution in [2.45, 2.75) is 11.6 Å². The summed E-state index contributed by atoms with van der Waals surface area (Å²) in [7, 11) is 0. The van der Waals surface area contributed by atoms with Crippen LogP contribution in [0, 0.1) is 0 Å². The summed E-state index contributed by atoms with van der Waals surface area (Å²) in [5.74, 6) is 0. The second-order valence-corrected chi connectivity index (χ2v) is 6.67. The smallest absolute Gasteiger partial charge is 0.145 e. The lowest BCUT2D eigenvalue weighted by Crippen LogP contribution is -2.26. The number of hydrogen-bond acceptors (Lipinski definition) is 5. The van der Waals surface area contributed by atoms with Crippen LogP contribution >= 0.6 is 12.0 Å². The lowest BCUT2D eigenvalue weighted by Gasteiger charge is -2.04. The number of fused-ring (bicyclic) bond motifs is 6. The minimum absolute atomic E-state index is 0.0694. The fourth-order valence-electron chi connectivity index (χ4n) is 2.85. The number of aromatic nitrogens is 1. The van der Waals surface area contributed by atoms with Crippen LogP contribution in [0.1, 0.15) is 0 Å². The molecule has 2 unspecified atom stereocenters. The van der Waals surface area contributed by atoms with E-state index in [0.29, 0.717) is 0 Å². The highest BCUT2D eigenvalue weighted by Gasteiger charge is 2.24. The number of rotatable bonds is 0. The summed E-state index contributed by atoms with van der Waals surface area (Å²) >= 11 is 1.41. The number of H-pyrrole nitrogens is 1. The molecule has 6 heteroatoms. The van der Waals surface area contributed by atoms with Crippen molar-refractivity contribution < 1.29 is 4.18 Å². The van der Waals surface area contributed by atoms with Crippen molar-refractivity contribution >= 4 is 35.6 Å². The third-order valence-electron chi connectivity index (χ3n) is 3.94. The first-order valence-corrected chi connectivity index (χ1v) is 8.55. The molecule has 5 heterocycles. The van der Waals surface area contributed by atoms with Gasteiger partial charge in [-0.3, -0.25) is 9.50 Å². The Kier molecular flexibility index (Phi) is 3.26. The number of hydrogen-bond donors (Lipinski definition) is 2. The zero-order valence-electron chi connectivity index (χ0n) is 12.6. The summed E-state index contributed by atoms with van der Waals surface area (Å²) in [6, 6.07) is 4.09.